The van der Waals surface area contributed by atoms with Crippen molar-refractivity contribution in [1.29, 1.82) is 0 Å². The van der Waals surface area contributed by atoms with Crippen LogP contribution in [0.4, 0.5) is 25.1 Å². The Morgan fingerprint density at radius 1 is 1.10 bits per heavy atom. The van der Waals surface area contributed by atoms with Crippen molar-refractivity contribution in [2.75, 3.05) is 43.4 Å². The maximum absolute atomic E-state index is 13.5. The zero-order valence-corrected chi connectivity index (χ0v) is 21.1. The van der Waals surface area contributed by atoms with Crippen molar-refractivity contribution in [2.45, 2.75) is 31.3 Å². The topological polar surface area (TPSA) is 155 Å². The minimum Gasteiger partial charge on any atom is -0.461 e. The number of carbonyl (C=O) groups excluding carboxylic acids is 1. The zero-order chi connectivity index (χ0) is 28.0. The van der Waals surface area contributed by atoms with Gasteiger partial charge in [0.05, 0.1) is 17.5 Å². The molecule has 210 valence electrons. The number of aliphatic hydroxyl groups is 1. The van der Waals surface area contributed by atoms with Gasteiger partial charge in [-0.15, -0.1) is 5.10 Å². The fourth-order valence-electron chi connectivity index (χ4n) is 5.01. The van der Waals surface area contributed by atoms with Crippen molar-refractivity contribution in [2.24, 2.45) is 0 Å². The van der Waals surface area contributed by atoms with Gasteiger partial charge in [0.15, 0.2) is 12.0 Å². The molecule has 2 atom stereocenters. The average molecular weight is 559 g/mol. The number of carbonyl (C=O) groups is 1. The molecule has 1 unspecified atom stereocenters. The number of nitrogens with zero attached hydrogens (tertiary/aromatic N) is 9. The molecule has 4 aromatic rings. The number of nitrogen functional groups attached to an aromatic ring is 1. The maximum atomic E-state index is 13.5. The summed E-state index contributed by atoms with van der Waals surface area (Å²) < 4.78 is 45.1. The Labute approximate surface area is 225 Å². The minimum absolute atomic E-state index is 0.0721. The monoisotopic (exact) mass is 558 g/mol. The summed E-state index contributed by atoms with van der Waals surface area (Å²) in [5.41, 5.74) is 5.38. The van der Waals surface area contributed by atoms with Crippen molar-refractivity contribution in [3.63, 3.8) is 0 Å². The lowest BCUT2D eigenvalue weighted by Gasteiger charge is -2.38. The van der Waals surface area contributed by atoms with Gasteiger partial charge < -0.3 is 25.1 Å². The Hall–Kier alpha value is -4.31. The number of aliphatic hydroxyl groups excluding tert-OH is 1. The molecule has 2 aliphatic rings. The molecule has 6 heterocycles. The lowest BCUT2D eigenvalue weighted by atomic mass is 10.1. The number of fused-ring (bicyclic) bond motifs is 1. The second kappa shape index (κ2) is 10.0. The van der Waals surface area contributed by atoms with Gasteiger partial charge in [0.1, 0.15) is 6.04 Å². The van der Waals surface area contributed by atoms with Crippen LogP contribution in [0, 0.1) is 0 Å². The quantitative estimate of drug-likeness (QED) is 0.367. The van der Waals surface area contributed by atoms with Crippen LogP contribution in [0.25, 0.3) is 17.4 Å². The van der Waals surface area contributed by atoms with Crippen LogP contribution in [0.15, 0.2) is 41.1 Å². The minimum atomic E-state index is -4.50. The van der Waals surface area contributed by atoms with Gasteiger partial charge in [-0.2, -0.15) is 32.6 Å². The van der Waals surface area contributed by atoms with Crippen LogP contribution in [0.5, 0.6) is 0 Å². The van der Waals surface area contributed by atoms with Crippen molar-refractivity contribution >= 4 is 23.6 Å². The molecule has 0 bridgehead atoms. The highest BCUT2D eigenvalue weighted by atomic mass is 19.4. The molecule has 16 heteroatoms. The van der Waals surface area contributed by atoms with E-state index in [4.69, 9.17) is 10.2 Å². The fourth-order valence-corrected chi connectivity index (χ4v) is 5.01. The molecule has 0 radical (unpaired) electrons. The summed E-state index contributed by atoms with van der Waals surface area (Å²) in [6, 6.07) is 4.99. The van der Waals surface area contributed by atoms with Gasteiger partial charge in [-0.05, 0) is 37.1 Å². The number of pyridine rings is 1. The number of anilines is 2. The molecule has 2 aliphatic heterocycles. The molecule has 0 spiro atoms. The first-order valence-electron chi connectivity index (χ1n) is 12.6. The summed E-state index contributed by atoms with van der Waals surface area (Å²) in [5, 5.41) is 15.0. The standard InChI is InChI=1S/C24H25F3N10O3/c25-24(26,27)14-5-6-15(29-13-14)19(38)34-8-10-35(11-9-34)20(39)16-3-1-7-36(16)22-31-21(28)37-23(32-22)30-18(33-37)17-4-2-12-40-17/h2,4-6,12-13,16,19,38H,1,3,7-11H2,(H2,28,30,31,32,33)/t16-,19?/m0/s1. The van der Waals surface area contributed by atoms with Crippen LogP contribution >= 0.6 is 0 Å². The molecule has 1 amide bonds. The molecule has 2 fully saturated rings. The third-order valence-corrected chi connectivity index (χ3v) is 7.11. The number of hydrogen-bond donors (Lipinski definition) is 2. The van der Waals surface area contributed by atoms with Crippen molar-refractivity contribution in [3.8, 4) is 11.6 Å². The molecule has 2 saturated heterocycles. The van der Waals surface area contributed by atoms with E-state index in [2.05, 4.69) is 25.0 Å². The molecule has 0 aliphatic carbocycles. The van der Waals surface area contributed by atoms with E-state index in [1.807, 2.05) is 4.90 Å². The van der Waals surface area contributed by atoms with Gasteiger partial charge in [-0.25, -0.2) is 0 Å². The molecule has 3 N–H and O–H groups in total. The van der Waals surface area contributed by atoms with E-state index < -0.39 is 24.0 Å². The van der Waals surface area contributed by atoms with E-state index in [0.29, 0.717) is 56.9 Å². The summed E-state index contributed by atoms with van der Waals surface area (Å²) in [4.78, 5) is 35.8. The Morgan fingerprint density at radius 2 is 1.90 bits per heavy atom. The molecule has 13 nitrogen and oxygen atoms in total. The third-order valence-electron chi connectivity index (χ3n) is 7.11. The summed E-state index contributed by atoms with van der Waals surface area (Å²) in [5.74, 6) is 1.25. The first-order valence-corrected chi connectivity index (χ1v) is 12.6. The van der Waals surface area contributed by atoms with Crippen molar-refractivity contribution in [1.82, 2.24) is 39.3 Å². The Balaban J connectivity index is 1.12. The highest BCUT2D eigenvalue weighted by Crippen LogP contribution is 2.30. The number of hydrogen-bond acceptors (Lipinski definition) is 11. The molecule has 6 rings (SSSR count). The summed E-state index contributed by atoms with van der Waals surface area (Å²) in [6.07, 6.45) is -2.11. The normalized spacial score (nSPS) is 19.4. The van der Waals surface area contributed by atoms with Gasteiger partial charge in [0, 0.05) is 38.9 Å². The predicted molar refractivity (Wildman–Crippen MR) is 133 cm³/mol. The van der Waals surface area contributed by atoms with Crippen LogP contribution in [-0.4, -0.2) is 89.1 Å². The van der Waals surface area contributed by atoms with Crippen LogP contribution in [-0.2, 0) is 11.0 Å². The van der Waals surface area contributed by atoms with Gasteiger partial charge in [-0.1, -0.05) is 0 Å². The number of rotatable bonds is 5. The van der Waals surface area contributed by atoms with Gasteiger partial charge in [-0.3, -0.25) is 14.7 Å². The Kier molecular flexibility index (Phi) is 6.50. The van der Waals surface area contributed by atoms with E-state index in [1.165, 1.54) is 10.8 Å². The number of furan rings is 1. The third kappa shape index (κ3) is 4.79. The van der Waals surface area contributed by atoms with E-state index in [-0.39, 0.29) is 29.3 Å². The van der Waals surface area contributed by atoms with Gasteiger partial charge >= 0.3 is 6.18 Å². The smallest absolute Gasteiger partial charge is 0.417 e. The number of aromatic nitrogens is 6. The largest absolute Gasteiger partial charge is 0.461 e. The van der Waals surface area contributed by atoms with E-state index >= 15 is 0 Å². The first kappa shape index (κ1) is 25.9. The summed E-state index contributed by atoms with van der Waals surface area (Å²) in [6.45, 7) is 1.88. The number of nitrogens with two attached hydrogens (primary N) is 1. The lowest BCUT2D eigenvalue weighted by molar-refractivity contribution is -0.138. The number of piperazine rings is 1. The predicted octanol–water partition coefficient (Wildman–Crippen LogP) is 1.58. The van der Waals surface area contributed by atoms with Crippen LogP contribution in [0.2, 0.25) is 0 Å². The van der Waals surface area contributed by atoms with Crippen LogP contribution < -0.4 is 10.6 Å². The molecular formula is C24H25F3N10O3. The molecule has 0 saturated carbocycles. The number of amides is 1. The molecule has 0 aromatic carbocycles. The SMILES string of the molecule is Nc1nc(N2CCC[C@H]2C(=O)N2CCN(C(O)c3ccc(C(F)(F)F)cn3)CC2)nc2nc(-c3ccco3)nn12. The van der Waals surface area contributed by atoms with Crippen molar-refractivity contribution in [3.05, 3.63) is 48.0 Å². The Morgan fingerprint density at radius 3 is 2.58 bits per heavy atom. The maximum Gasteiger partial charge on any atom is 0.417 e. The highest BCUT2D eigenvalue weighted by molar-refractivity contribution is 5.85. The lowest BCUT2D eigenvalue weighted by Crippen LogP contribution is -2.54. The Bertz CT molecular complexity index is 1500. The first-order chi connectivity index (χ1) is 19.2. The molecule has 40 heavy (non-hydrogen) atoms. The van der Waals surface area contributed by atoms with E-state index in [1.54, 1.807) is 21.9 Å². The van der Waals surface area contributed by atoms with Gasteiger partial charge in [0.2, 0.25) is 23.6 Å². The average Bonchev–Trinajstić information content (AvgIpc) is 3.72. The van der Waals surface area contributed by atoms with E-state index in [0.717, 1.165) is 18.6 Å². The number of halogens is 3. The molecular weight excluding hydrogens is 533 g/mol. The highest BCUT2D eigenvalue weighted by Gasteiger charge is 2.38. The van der Waals surface area contributed by atoms with Crippen LogP contribution in [0.1, 0.15) is 30.3 Å². The number of alkyl halides is 3. The van der Waals surface area contributed by atoms with Gasteiger partial charge in [0.25, 0.3) is 5.78 Å². The van der Waals surface area contributed by atoms with E-state index in [9.17, 15) is 23.1 Å². The summed E-state index contributed by atoms with van der Waals surface area (Å²) >= 11 is 0. The fraction of sp³-hybridized carbons (Fsp3) is 0.417. The second-order valence-electron chi connectivity index (χ2n) is 9.56. The molecule has 4 aromatic heterocycles. The zero-order valence-electron chi connectivity index (χ0n) is 21.1. The second-order valence-corrected chi connectivity index (χ2v) is 9.56. The van der Waals surface area contributed by atoms with Crippen molar-refractivity contribution < 1.29 is 27.5 Å². The van der Waals surface area contributed by atoms with Crippen LogP contribution in [0.3, 0.4) is 0 Å². The summed E-state index contributed by atoms with van der Waals surface area (Å²) in [7, 11) is 0.